The molecule has 0 aliphatic heterocycles. The molecule has 0 fully saturated rings. The van der Waals surface area contributed by atoms with Crippen molar-refractivity contribution in [3.63, 3.8) is 0 Å². The molecule has 2 rings (SSSR count). The molecule has 0 aliphatic carbocycles. The van der Waals surface area contributed by atoms with Crippen molar-refractivity contribution >= 4 is 29.8 Å². The second-order valence-electron chi connectivity index (χ2n) is 2.87. The van der Waals surface area contributed by atoms with Gasteiger partial charge in [-0.25, -0.2) is 0 Å². The number of fused-ring (bicyclic) bond motifs is 1. The van der Waals surface area contributed by atoms with Crippen LogP contribution in [-0.4, -0.2) is 23.6 Å². The maximum absolute atomic E-state index is 3.96. The first-order valence-electron chi connectivity index (χ1n) is 3.87. The van der Waals surface area contributed by atoms with Gasteiger partial charge in [-0.15, -0.1) is 0 Å². The van der Waals surface area contributed by atoms with E-state index in [4.69, 9.17) is 0 Å². The molecule has 58 valence electrons. The van der Waals surface area contributed by atoms with Gasteiger partial charge in [0.2, 0.25) is 0 Å². The predicted octanol–water partition coefficient (Wildman–Crippen LogP) is 0.633. The first kappa shape index (κ1) is 7.28. The summed E-state index contributed by atoms with van der Waals surface area (Å²) in [6, 6.07) is 4.17. The third-order valence-corrected chi connectivity index (χ3v) is 2.05. The van der Waals surface area contributed by atoms with Crippen LogP contribution in [0.25, 0.3) is 10.9 Å². The van der Waals surface area contributed by atoms with Crippen molar-refractivity contribution in [3.8, 4) is 0 Å². The number of rotatable bonds is 1. The number of nitrogens with zero attached hydrogens (tertiary/aromatic N) is 1. The van der Waals surface area contributed by atoms with Gasteiger partial charge in [-0.3, -0.25) is 0 Å². The van der Waals surface area contributed by atoms with Gasteiger partial charge in [-0.1, -0.05) is 0 Å². The number of benzene rings is 1. The summed E-state index contributed by atoms with van der Waals surface area (Å²) in [5, 5.41) is 8.02. The zero-order chi connectivity index (χ0) is 8.55. The Kier molecular flexibility index (Phi) is 1.57. The van der Waals surface area contributed by atoms with E-state index in [2.05, 4.69) is 35.7 Å². The summed E-state index contributed by atoms with van der Waals surface area (Å²) >= 11 is 0. The molecule has 1 N–H and O–H groups in total. The van der Waals surface area contributed by atoms with E-state index in [1.165, 1.54) is 11.0 Å². The van der Waals surface area contributed by atoms with Crippen LogP contribution in [0.4, 0.5) is 0 Å². The Balaban J connectivity index is 2.81. The number of hydrogen-bond acceptors (Lipinski definition) is 1. The number of aryl methyl sites for hydroxylation is 1. The fourth-order valence-corrected chi connectivity index (χ4v) is 1.34. The van der Waals surface area contributed by atoms with Crippen molar-refractivity contribution in [1.29, 1.82) is 0 Å². The van der Waals surface area contributed by atoms with Crippen LogP contribution in [0, 0.1) is 6.92 Å². The van der Waals surface area contributed by atoms with E-state index in [9.17, 15) is 0 Å². The van der Waals surface area contributed by atoms with Gasteiger partial charge in [0.25, 0.3) is 0 Å². The van der Waals surface area contributed by atoms with E-state index in [1.807, 2.05) is 13.1 Å². The molecule has 0 aliphatic rings. The Morgan fingerprint density at radius 1 is 1.50 bits per heavy atom. The van der Waals surface area contributed by atoms with Gasteiger partial charge in [0.15, 0.2) is 0 Å². The standard InChI is InChI=1S/C9H9BN2/c1-6-3-9-7(5-11-12-9)4-8(6)10-2/h3-5H,2H2,1H3,(H,11,12). The van der Waals surface area contributed by atoms with Crippen LogP contribution < -0.4 is 5.46 Å². The molecule has 1 heterocycles. The molecule has 0 radical (unpaired) electrons. The third kappa shape index (κ3) is 0.980. The van der Waals surface area contributed by atoms with Crippen molar-refractivity contribution in [2.45, 2.75) is 6.92 Å². The van der Waals surface area contributed by atoms with Crippen molar-refractivity contribution in [1.82, 2.24) is 10.2 Å². The molecule has 0 amide bonds. The topological polar surface area (TPSA) is 28.7 Å². The van der Waals surface area contributed by atoms with Gasteiger partial charge < -0.3 is 0 Å². The first-order chi connectivity index (χ1) is 5.81. The van der Waals surface area contributed by atoms with Crippen molar-refractivity contribution in [2.24, 2.45) is 0 Å². The van der Waals surface area contributed by atoms with Crippen LogP contribution in [-0.2, 0) is 0 Å². The van der Waals surface area contributed by atoms with E-state index in [0.717, 1.165) is 10.9 Å². The summed E-state index contributed by atoms with van der Waals surface area (Å²) in [5.74, 6) is 0. The normalized spacial score (nSPS) is 10.1. The summed E-state index contributed by atoms with van der Waals surface area (Å²) in [5.41, 5.74) is 3.48. The average molecular weight is 156 g/mol. The Morgan fingerprint density at radius 2 is 2.33 bits per heavy atom. The molecule has 3 heteroatoms. The molecule has 1 aromatic carbocycles. The summed E-state index contributed by atoms with van der Waals surface area (Å²) in [6.45, 7) is 7.68. The van der Waals surface area contributed by atoms with Crippen molar-refractivity contribution in [2.75, 3.05) is 0 Å². The summed E-state index contributed by atoms with van der Waals surface area (Å²) < 4.78 is 0. The quantitative estimate of drug-likeness (QED) is 0.602. The Hall–Kier alpha value is -1.38. The van der Waals surface area contributed by atoms with Gasteiger partial charge in [0.1, 0.15) is 0 Å². The zero-order valence-corrected chi connectivity index (χ0v) is 6.96. The number of hydrogen-bond donors (Lipinski definition) is 1. The number of aromatic amines is 1. The van der Waals surface area contributed by atoms with Crippen LogP contribution in [0.1, 0.15) is 5.56 Å². The van der Waals surface area contributed by atoms with Crippen LogP contribution >= 0.6 is 0 Å². The van der Waals surface area contributed by atoms with Crippen LogP contribution in [0.5, 0.6) is 0 Å². The van der Waals surface area contributed by atoms with E-state index in [-0.39, 0.29) is 0 Å². The Bertz CT molecular complexity index is 431. The molecule has 12 heavy (non-hydrogen) atoms. The molecule has 2 aromatic rings. The summed E-state index contributed by atoms with van der Waals surface area (Å²) in [6.07, 6.45) is 1.82. The molecule has 0 saturated carbocycles. The number of nitrogens with one attached hydrogen (secondary N) is 1. The Labute approximate surface area is 71.5 Å². The third-order valence-electron chi connectivity index (χ3n) is 2.05. The molecule has 0 saturated heterocycles. The minimum absolute atomic E-state index is 1.08. The second kappa shape index (κ2) is 2.59. The van der Waals surface area contributed by atoms with Gasteiger partial charge >= 0.3 is 70.8 Å². The summed E-state index contributed by atoms with van der Waals surface area (Å²) in [7, 11) is 0. The average Bonchev–Trinajstić information content (AvgIpc) is 2.49. The fraction of sp³-hybridized carbons (Fsp3) is 0.111. The summed E-state index contributed by atoms with van der Waals surface area (Å²) in [4.78, 5) is 0. The fourth-order valence-electron chi connectivity index (χ4n) is 1.34. The first-order valence-corrected chi connectivity index (χ1v) is 3.87. The monoisotopic (exact) mass is 156 g/mol. The van der Waals surface area contributed by atoms with Crippen LogP contribution in [0.15, 0.2) is 18.3 Å². The minimum atomic E-state index is 1.08. The van der Waals surface area contributed by atoms with Gasteiger partial charge in [0.05, 0.1) is 0 Å². The molecule has 0 unspecified atom stereocenters. The maximum atomic E-state index is 3.96. The van der Waals surface area contributed by atoms with Crippen molar-refractivity contribution < 1.29 is 0 Å². The molecule has 0 spiro atoms. The Morgan fingerprint density at radius 3 is 3.08 bits per heavy atom. The number of aromatic nitrogens is 2. The molecule has 0 bridgehead atoms. The van der Waals surface area contributed by atoms with E-state index in [0.29, 0.717) is 0 Å². The zero-order valence-electron chi connectivity index (χ0n) is 6.96. The van der Waals surface area contributed by atoms with E-state index >= 15 is 0 Å². The number of H-pyrrole nitrogens is 1. The molecule has 0 atom stereocenters. The van der Waals surface area contributed by atoms with Crippen LogP contribution in [0.3, 0.4) is 0 Å². The van der Waals surface area contributed by atoms with Crippen molar-refractivity contribution in [3.05, 3.63) is 23.9 Å². The van der Waals surface area contributed by atoms with Gasteiger partial charge in [-0.05, 0) is 0 Å². The van der Waals surface area contributed by atoms with E-state index in [1.54, 1.807) is 0 Å². The predicted molar refractivity (Wildman–Crippen MR) is 53.3 cm³/mol. The molecular weight excluding hydrogens is 147 g/mol. The van der Waals surface area contributed by atoms with E-state index < -0.39 is 0 Å². The molecule has 2 nitrogen and oxygen atoms in total. The second-order valence-corrected chi connectivity index (χ2v) is 2.87. The molecule has 1 aromatic heterocycles. The van der Waals surface area contributed by atoms with Gasteiger partial charge in [-0.2, -0.15) is 0 Å². The van der Waals surface area contributed by atoms with Gasteiger partial charge in [0, 0.05) is 0 Å². The molecular formula is C9H9BN2. The SMILES string of the molecule is C=Bc1cc2cn[nH]c2cc1C. The van der Waals surface area contributed by atoms with Crippen LogP contribution in [0.2, 0.25) is 0 Å².